The Morgan fingerprint density at radius 3 is 2.33 bits per heavy atom. The van der Waals surface area contributed by atoms with Crippen molar-refractivity contribution in [3.8, 4) is 0 Å². The lowest BCUT2D eigenvalue weighted by Crippen LogP contribution is -2.41. The first-order valence-electron chi connectivity index (χ1n) is 15.2. The van der Waals surface area contributed by atoms with Crippen LogP contribution in [0.3, 0.4) is 0 Å². The van der Waals surface area contributed by atoms with Gasteiger partial charge in [0.2, 0.25) is 11.9 Å². The van der Waals surface area contributed by atoms with E-state index in [9.17, 15) is 24.3 Å². The van der Waals surface area contributed by atoms with Gasteiger partial charge in [-0.1, -0.05) is 13.3 Å². The second-order valence-corrected chi connectivity index (χ2v) is 10.2. The van der Waals surface area contributed by atoms with E-state index < -0.39 is 23.5 Å². The van der Waals surface area contributed by atoms with Crippen LogP contribution in [-0.4, -0.2) is 95.1 Å². The van der Waals surface area contributed by atoms with Crippen LogP contribution in [0.2, 0.25) is 0 Å². The second kappa shape index (κ2) is 19.7. The number of hydrogen-bond acceptors (Lipinski definition) is 12. The average Bonchev–Trinajstić information content (AvgIpc) is 3.04. The zero-order valence-electron chi connectivity index (χ0n) is 25.9. The summed E-state index contributed by atoms with van der Waals surface area (Å²) in [5.41, 5.74) is 6.60. The van der Waals surface area contributed by atoms with Gasteiger partial charge < -0.3 is 41.0 Å². The number of nitrogens with two attached hydrogens (primary N) is 1. The number of benzene rings is 1. The fraction of sp³-hybridized carbons (Fsp3) is 0.500. The molecule has 0 radical (unpaired) electrons. The molecule has 0 saturated heterocycles. The van der Waals surface area contributed by atoms with Crippen molar-refractivity contribution in [3.63, 3.8) is 0 Å². The SMILES string of the molecule is CCCCOCCOCCOCCCNC(=O)CC[C@H](NC(=O)c1ccc(NCc2cnc3nc(N)[nH]c(=O)c3n2)cc1)C(=O)O. The van der Waals surface area contributed by atoms with Crippen LogP contribution in [0.1, 0.15) is 55.1 Å². The third-order valence-electron chi connectivity index (χ3n) is 6.54. The zero-order valence-corrected chi connectivity index (χ0v) is 25.9. The summed E-state index contributed by atoms with van der Waals surface area (Å²) in [4.78, 5) is 63.3. The monoisotopic (exact) mass is 642 g/mol. The molecule has 0 aliphatic rings. The predicted octanol–water partition coefficient (Wildman–Crippen LogP) is 1.23. The molecule has 46 heavy (non-hydrogen) atoms. The zero-order chi connectivity index (χ0) is 33.1. The lowest BCUT2D eigenvalue weighted by Gasteiger charge is -2.15. The van der Waals surface area contributed by atoms with Crippen molar-refractivity contribution >= 4 is 40.6 Å². The number of aromatic amines is 1. The maximum atomic E-state index is 12.7. The number of carboxylic acid groups (broad SMARTS) is 1. The van der Waals surface area contributed by atoms with Gasteiger partial charge in [0.1, 0.15) is 6.04 Å². The molecule has 0 saturated carbocycles. The molecule has 0 aliphatic carbocycles. The number of carbonyl (C=O) groups is 3. The Morgan fingerprint density at radius 1 is 0.978 bits per heavy atom. The fourth-order valence-corrected chi connectivity index (χ4v) is 4.04. The molecule has 16 heteroatoms. The number of carboxylic acids is 1. The Bertz CT molecular complexity index is 1470. The molecule has 0 spiro atoms. The normalized spacial score (nSPS) is 11.7. The standard InChI is InChI=1S/C30H42N8O8/c1-2-3-12-44-14-16-46-17-15-45-13-4-11-32-24(39)10-9-23(29(42)43)36-27(40)20-5-7-21(8-6-20)33-18-22-19-34-26-25(35-22)28(41)38-30(31)37-26/h5-8,19,23,33H,2-4,9-18H2,1H3,(H,32,39)(H,36,40)(H,42,43)(H3,31,34,37,38,41)/t23-/m0/s1. The third kappa shape index (κ3) is 12.7. The van der Waals surface area contributed by atoms with Crippen LogP contribution in [0, 0.1) is 0 Å². The maximum Gasteiger partial charge on any atom is 0.326 e. The number of anilines is 2. The van der Waals surface area contributed by atoms with Gasteiger partial charge in [0.15, 0.2) is 11.2 Å². The minimum absolute atomic E-state index is 0.0488. The molecule has 0 bridgehead atoms. The Hall–Kier alpha value is -4.67. The van der Waals surface area contributed by atoms with E-state index in [2.05, 4.69) is 42.8 Å². The molecule has 2 heterocycles. The lowest BCUT2D eigenvalue weighted by molar-refractivity contribution is -0.139. The molecule has 0 unspecified atom stereocenters. The smallest absolute Gasteiger partial charge is 0.326 e. The van der Waals surface area contributed by atoms with Crippen molar-refractivity contribution in [2.24, 2.45) is 0 Å². The van der Waals surface area contributed by atoms with Gasteiger partial charge in [-0.15, -0.1) is 0 Å². The molecule has 1 aromatic carbocycles. The van der Waals surface area contributed by atoms with Crippen molar-refractivity contribution in [2.45, 2.75) is 51.6 Å². The Labute approximate surface area is 265 Å². The van der Waals surface area contributed by atoms with Crippen molar-refractivity contribution in [1.82, 2.24) is 30.6 Å². The summed E-state index contributed by atoms with van der Waals surface area (Å²) in [5, 5.41) is 17.9. The number of nitrogens with zero attached hydrogens (tertiary/aromatic N) is 3. The van der Waals surface area contributed by atoms with Crippen molar-refractivity contribution in [2.75, 3.05) is 57.2 Å². The van der Waals surface area contributed by atoms with E-state index in [0.717, 1.165) is 19.4 Å². The maximum absolute atomic E-state index is 12.7. The Kier molecular flexibility index (Phi) is 15.3. The quantitative estimate of drug-likeness (QED) is 0.0848. The molecule has 2 aromatic heterocycles. The number of H-pyrrole nitrogens is 1. The number of nitrogens with one attached hydrogen (secondary N) is 4. The highest BCUT2D eigenvalue weighted by Crippen LogP contribution is 2.12. The number of aromatic nitrogens is 4. The van der Waals surface area contributed by atoms with Crippen LogP contribution >= 0.6 is 0 Å². The van der Waals surface area contributed by atoms with Gasteiger partial charge in [-0.3, -0.25) is 19.4 Å². The van der Waals surface area contributed by atoms with Crippen LogP contribution in [0.25, 0.3) is 11.2 Å². The van der Waals surface area contributed by atoms with Gasteiger partial charge in [0.05, 0.1) is 44.9 Å². The number of nitrogen functional groups attached to an aromatic ring is 1. The molecule has 0 fully saturated rings. The lowest BCUT2D eigenvalue weighted by atomic mass is 10.1. The summed E-state index contributed by atoms with van der Waals surface area (Å²) in [5.74, 6) is -2.19. The minimum atomic E-state index is -1.24. The minimum Gasteiger partial charge on any atom is -0.480 e. The molecule has 7 N–H and O–H groups in total. The van der Waals surface area contributed by atoms with Crippen molar-refractivity contribution < 1.29 is 33.7 Å². The van der Waals surface area contributed by atoms with E-state index in [0.29, 0.717) is 57.4 Å². The van der Waals surface area contributed by atoms with E-state index in [1.165, 1.54) is 18.3 Å². The summed E-state index contributed by atoms with van der Waals surface area (Å²) in [6.45, 7) is 5.92. The molecule has 16 nitrogen and oxygen atoms in total. The Morgan fingerprint density at radius 2 is 1.65 bits per heavy atom. The fourth-order valence-electron chi connectivity index (χ4n) is 4.04. The van der Waals surface area contributed by atoms with Gasteiger partial charge in [0, 0.05) is 37.4 Å². The number of amides is 2. The Balaban J connectivity index is 1.31. The highest BCUT2D eigenvalue weighted by molar-refractivity contribution is 5.97. The largest absolute Gasteiger partial charge is 0.480 e. The third-order valence-corrected chi connectivity index (χ3v) is 6.54. The van der Waals surface area contributed by atoms with Gasteiger partial charge >= 0.3 is 5.97 Å². The molecule has 0 aliphatic heterocycles. The molecule has 3 aromatic rings. The number of rotatable bonds is 22. The molecule has 2 amide bonds. The number of fused-ring (bicyclic) bond motifs is 1. The van der Waals surface area contributed by atoms with E-state index in [1.807, 2.05) is 0 Å². The van der Waals surface area contributed by atoms with E-state index in [1.54, 1.807) is 12.1 Å². The second-order valence-electron chi connectivity index (χ2n) is 10.2. The van der Waals surface area contributed by atoms with E-state index in [4.69, 9.17) is 19.9 Å². The van der Waals surface area contributed by atoms with Crippen molar-refractivity contribution in [3.05, 3.63) is 52.1 Å². The molecule has 250 valence electrons. The van der Waals surface area contributed by atoms with Gasteiger partial charge in [-0.2, -0.15) is 4.98 Å². The van der Waals surface area contributed by atoms with Crippen molar-refractivity contribution in [1.29, 1.82) is 0 Å². The van der Waals surface area contributed by atoms with Gasteiger partial charge in [-0.05, 0) is 43.5 Å². The number of hydrogen-bond donors (Lipinski definition) is 6. The predicted molar refractivity (Wildman–Crippen MR) is 169 cm³/mol. The molecule has 1 atom stereocenters. The van der Waals surface area contributed by atoms with Gasteiger partial charge in [0.25, 0.3) is 11.5 Å². The summed E-state index contributed by atoms with van der Waals surface area (Å²) in [6, 6.07) is 5.11. The highest BCUT2D eigenvalue weighted by Gasteiger charge is 2.21. The summed E-state index contributed by atoms with van der Waals surface area (Å²) in [7, 11) is 0. The molecular weight excluding hydrogens is 600 g/mol. The summed E-state index contributed by atoms with van der Waals surface area (Å²) in [6.07, 6.45) is 4.07. The van der Waals surface area contributed by atoms with Crippen LogP contribution < -0.4 is 27.2 Å². The first-order chi connectivity index (χ1) is 22.3. The van der Waals surface area contributed by atoms with Crippen LogP contribution in [0.5, 0.6) is 0 Å². The molecular formula is C30H42N8O8. The first kappa shape index (κ1) is 35.8. The topological polar surface area (TPSA) is 233 Å². The summed E-state index contributed by atoms with van der Waals surface area (Å²) >= 11 is 0. The average molecular weight is 643 g/mol. The van der Waals surface area contributed by atoms with Crippen LogP contribution in [0.4, 0.5) is 11.6 Å². The van der Waals surface area contributed by atoms with E-state index >= 15 is 0 Å². The molecule has 3 rings (SSSR count). The summed E-state index contributed by atoms with van der Waals surface area (Å²) < 4.78 is 16.3. The number of carbonyl (C=O) groups excluding carboxylic acids is 2. The van der Waals surface area contributed by atoms with Crippen LogP contribution in [-0.2, 0) is 30.3 Å². The van der Waals surface area contributed by atoms with Gasteiger partial charge in [-0.25, -0.2) is 14.8 Å². The van der Waals surface area contributed by atoms with E-state index in [-0.39, 0.29) is 48.0 Å². The van der Waals surface area contributed by atoms with Crippen LogP contribution in [0.15, 0.2) is 35.3 Å². The number of ether oxygens (including phenoxy) is 3. The number of unbranched alkanes of at least 4 members (excludes halogenated alkanes) is 1. The first-order valence-corrected chi connectivity index (χ1v) is 15.2. The number of aliphatic carboxylic acids is 1. The highest BCUT2D eigenvalue weighted by atomic mass is 16.5.